The molecule has 0 unspecified atom stereocenters. The van der Waals surface area contributed by atoms with Crippen LogP contribution in [0.3, 0.4) is 0 Å². The zero-order chi connectivity index (χ0) is 14.3. The quantitative estimate of drug-likeness (QED) is 0.677. The highest BCUT2D eigenvalue weighted by Crippen LogP contribution is 2.13. The topological polar surface area (TPSA) is 108 Å². The van der Waals surface area contributed by atoms with Gasteiger partial charge in [0.2, 0.25) is 16.0 Å². The van der Waals surface area contributed by atoms with E-state index in [0.29, 0.717) is 13.2 Å². The Morgan fingerprint density at radius 2 is 1.63 bits per heavy atom. The molecule has 0 aliphatic heterocycles. The molecule has 1 rings (SSSR count). The maximum Gasteiger partial charge on any atom is 0.246 e. The second-order valence-electron chi connectivity index (χ2n) is 3.67. The number of nitrogens with zero attached hydrogens (tertiary/aromatic N) is 3. The van der Waals surface area contributed by atoms with Crippen LogP contribution in [-0.4, -0.2) is 63.2 Å². The van der Waals surface area contributed by atoms with Gasteiger partial charge in [0, 0.05) is 27.3 Å². The van der Waals surface area contributed by atoms with Gasteiger partial charge in [0.15, 0.2) is 0 Å². The average Bonchev–Trinajstić information content (AvgIpc) is 2.39. The third kappa shape index (κ3) is 4.39. The Balaban J connectivity index is 2.93. The second kappa shape index (κ2) is 7.34. The summed E-state index contributed by atoms with van der Waals surface area (Å²) in [4.78, 5) is 7.37. The maximum atomic E-state index is 12.3. The van der Waals surface area contributed by atoms with Crippen LogP contribution in [0.1, 0.15) is 0 Å². The molecule has 1 aromatic heterocycles. The molecular weight excluding hydrogens is 272 g/mol. The lowest BCUT2D eigenvalue weighted by Crippen LogP contribution is -2.36. The van der Waals surface area contributed by atoms with E-state index in [-0.39, 0.29) is 23.9 Å². The Kier molecular flexibility index (Phi) is 6.09. The molecule has 9 heteroatoms. The summed E-state index contributed by atoms with van der Waals surface area (Å²) in [6.07, 6.45) is 2.37. The molecule has 0 aliphatic carbocycles. The number of anilines is 1. The van der Waals surface area contributed by atoms with Gasteiger partial charge in [-0.3, -0.25) is 0 Å². The highest BCUT2D eigenvalue weighted by atomic mass is 32.2. The number of rotatable bonds is 8. The van der Waals surface area contributed by atoms with Crippen molar-refractivity contribution in [1.29, 1.82) is 0 Å². The lowest BCUT2D eigenvalue weighted by molar-refractivity contribution is 0.150. The van der Waals surface area contributed by atoms with Gasteiger partial charge in [0.25, 0.3) is 0 Å². The van der Waals surface area contributed by atoms with Crippen LogP contribution in [0.4, 0.5) is 5.95 Å². The monoisotopic (exact) mass is 290 g/mol. The molecule has 0 atom stereocenters. The highest BCUT2D eigenvalue weighted by molar-refractivity contribution is 7.89. The summed E-state index contributed by atoms with van der Waals surface area (Å²) in [6, 6.07) is 0. The Morgan fingerprint density at radius 1 is 1.16 bits per heavy atom. The average molecular weight is 290 g/mol. The maximum absolute atomic E-state index is 12.3. The van der Waals surface area contributed by atoms with Crippen LogP contribution >= 0.6 is 0 Å². The van der Waals surface area contributed by atoms with Crippen molar-refractivity contribution in [3.8, 4) is 0 Å². The van der Waals surface area contributed by atoms with Crippen LogP contribution < -0.4 is 5.73 Å². The first-order chi connectivity index (χ1) is 9.02. The first kappa shape index (κ1) is 15.8. The lowest BCUT2D eigenvalue weighted by Gasteiger charge is -2.21. The SMILES string of the molecule is COCCN(CCOC)S(=O)(=O)c1cnc(N)nc1. The third-order valence-electron chi connectivity index (χ3n) is 2.38. The van der Waals surface area contributed by atoms with E-state index in [2.05, 4.69) is 9.97 Å². The first-order valence-electron chi connectivity index (χ1n) is 5.58. The Morgan fingerprint density at radius 3 is 2.05 bits per heavy atom. The molecule has 0 radical (unpaired) electrons. The van der Waals surface area contributed by atoms with E-state index in [1.807, 2.05) is 0 Å². The lowest BCUT2D eigenvalue weighted by atomic mass is 10.6. The van der Waals surface area contributed by atoms with Crippen LogP contribution in [0.25, 0.3) is 0 Å². The molecule has 0 aromatic carbocycles. The third-order valence-corrected chi connectivity index (χ3v) is 4.23. The largest absolute Gasteiger partial charge is 0.383 e. The Hall–Kier alpha value is -1.29. The molecule has 0 fully saturated rings. The van der Waals surface area contributed by atoms with Crippen molar-refractivity contribution in [3.63, 3.8) is 0 Å². The van der Waals surface area contributed by atoms with E-state index in [0.717, 1.165) is 0 Å². The smallest absolute Gasteiger partial charge is 0.246 e. The van der Waals surface area contributed by atoms with Gasteiger partial charge in [0.1, 0.15) is 4.90 Å². The number of sulfonamides is 1. The first-order valence-corrected chi connectivity index (χ1v) is 7.02. The minimum Gasteiger partial charge on any atom is -0.383 e. The van der Waals surface area contributed by atoms with Crippen LogP contribution in [0.5, 0.6) is 0 Å². The molecule has 0 spiro atoms. The zero-order valence-electron chi connectivity index (χ0n) is 10.9. The molecular formula is C10H18N4O4S. The summed E-state index contributed by atoms with van der Waals surface area (Å²) in [6.45, 7) is 1.04. The summed E-state index contributed by atoms with van der Waals surface area (Å²) in [5, 5.41) is 0. The van der Waals surface area contributed by atoms with Gasteiger partial charge in [-0.1, -0.05) is 0 Å². The van der Waals surface area contributed by atoms with Crippen molar-refractivity contribution in [1.82, 2.24) is 14.3 Å². The van der Waals surface area contributed by atoms with E-state index in [1.165, 1.54) is 30.9 Å². The number of hydrogen-bond acceptors (Lipinski definition) is 7. The molecule has 8 nitrogen and oxygen atoms in total. The normalized spacial score (nSPS) is 11.9. The summed E-state index contributed by atoms with van der Waals surface area (Å²) < 4.78 is 35.8. The fourth-order valence-corrected chi connectivity index (χ4v) is 2.65. The molecule has 0 aliphatic rings. The van der Waals surface area contributed by atoms with Crippen molar-refractivity contribution in [2.24, 2.45) is 0 Å². The minimum absolute atomic E-state index is 0.00564. The number of methoxy groups -OCH3 is 2. The number of nitrogen functional groups attached to an aromatic ring is 1. The van der Waals surface area contributed by atoms with Crippen LogP contribution in [0, 0.1) is 0 Å². The summed E-state index contributed by atoms with van der Waals surface area (Å²) in [5.74, 6) is 0.0271. The molecule has 0 saturated carbocycles. The van der Waals surface area contributed by atoms with Crippen molar-refractivity contribution < 1.29 is 17.9 Å². The fraction of sp³-hybridized carbons (Fsp3) is 0.600. The summed E-state index contributed by atoms with van der Waals surface area (Å²) in [7, 11) is -0.655. The predicted octanol–water partition coefficient (Wildman–Crippen LogP) is -0.658. The number of nitrogens with two attached hydrogens (primary N) is 1. The number of ether oxygens (including phenoxy) is 2. The second-order valence-corrected chi connectivity index (χ2v) is 5.60. The van der Waals surface area contributed by atoms with E-state index < -0.39 is 10.0 Å². The van der Waals surface area contributed by atoms with E-state index in [9.17, 15) is 8.42 Å². The predicted molar refractivity (Wildman–Crippen MR) is 69.0 cm³/mol. The van der Waals surface area contributed by atoms with Crippen LogP contribution in [0.15, 0.2) is 17.3 Å². The summed E-state index contributed by atoms with van der Waals surface area (Å²) >= 11 is 0. The molecule has 2 N–H and O–H groups in total. The molecule has 108 valence electrons. The zero-order valence-corrected chi connectivity index (χ0v) is 11.8. The Bertz CT molecular complexity index is 469. The van der Waals surface area contributed by atoms with Gasteiger partial charge in [0.05, 0.1) is 25.6 Å². The molecule has 0 saturated heterocycles. The standard InChI is InChI=1S/C10H18N4O4S/c1-17-5-3-14(4-6-18-2)19(15,16)9-7-12-10(11)13-8-9/h7-8H,3-6H2,1-2H3,(H2,11,12,13). The van der Waals surface area contributed by atoms with Gasteiger partial charge in [-0.2, -0.15) is 4.31 Å². The number of aromatic nitrogens is 2. The van der Waals surface area contributed by atoms with Crippen molar-refractivity contribution in [3.05, 3.63) is 12.4 Å². The summed E-state index contributed by atoms with van der Waals surface area (Å²) in [5.41, 5.74) is 5.34. The molecule has 1 aromatic rings. The number of hydrogen-bond donors (Lipinski definition) is 1. The van der Waals surface area contributed by atoms with Gasteiger partial charge in [-0.05, 0) is 0 Å². The van der Waals surface area contributed by atoms with E-state index in [1.54, 1.807) is 0 Å². The molecule has 0 bridgehead atoms. The van der Waals surface area contributed by atoms with Gasteiger partial charge in [-0.25, -0.2) is 18.4 Å². The molecule has 19 heavy (non-hydrogen) atoms. The van der Waals surface area contributed by atoms with E-state index >= 15 is 0 Å². The minimum atomic E-state index is -3.67. The van der Waals surface area contributed by atoms with Gasteiger partial charge in [-0.15, -0.1) is 0 Å². The fourth-order valence-electron chi connectivity index (χ4n) is 1.35. The van der Waals surface area contributed by atoms with Crippen molar-refractivity contribution >= 4 is 16.0 Å². The van der Waals surface area contributed by atoms with Crippen molar-refractivity contribution in [2.45, 2.75) is 4.90 Å². The van der Waals surface area contributed by atoms with E-state index in [4.69, 9.17) is 15.2 Å². The van der Waals surface area contributed by atoms with Gasteiger partial charge < -0.3 is 15.2 Å². The van der Waals surface area contributed by atoms with Crippen LogP contribution in [0.2, 0.25) is 0 Å². The molecule has 0 amide bonds. The van der Waals surface area contributed by atoms with Crippen molar-refractivity contribution in [2.75, 3.05) is 46.3 Å². The Labute approximate surface area is 112 Å². The van der Waals surface area contributed by atoms with Gasteiger partial charge >= 0.3 is 0 Å². The molecule has 1 heterocycles. The highest BCUT2D eigenvalue weighted by Gasteiger charge is 2.24. The van der Waals surface area contributed by atoms with Crippen LogP contribution in [-0.2, 0) is 19.5 Å².